The van der Waals surface area contributed by atoms with E-state index in [1.807, 2.05) is 48.5 Å². The van der Waals surface area contributed by atoms with Crippen LogP contribution in [0.15, 0.2) is 54.1 Å². The maximum Gasteiger partial charge on any atom is 0.262 e. The van der Waals surface area contributed by atoms with Gasteiger partial charge in [0, 0.05) is 29.4 Å². The van der Waals surface area contributed by atoms with Crippen molar-refractivity contribution in [1.29, 1.82) is 5.26 Å². The van der Waals surface area contributed by atoms with Crippen LogP contribution in [0.5, 0.6) is 0 Å². The molecule has 160 valence electrons. The molecule has 3 rings (SSSR count). The Labute approximate surface area is 189 Å². The van der Waals surface area contributed by atoms with Crippen LogP contribution in [0.1, 0.15) is 50.8 Å². The van der Waals surface area contributed by atoms with Gasteiger partial charge in [0.25, 0.3) is 5.91 Å². The molecule has 0 radical (unpaired) electrons. The molecule has 0 saturated carbocycles. The third-order valence-electron chi connectivity index (χ3n) is 5.50. The van der Waals surface area contributed by atoms with E-state index in [1.54, 1.807) is 6.08 Å². The van der Waals surface area contributed by atoms with Crippen LogP contribution >= 0.6 is 11.6 Å². The SMILES string of the molecule is CCCN1c2cc(Cl)c(/C=C(\C#N)C(=O)NCc3ccccc3)cc2C(C)=CC1(C)C. The Morgan fingerprint density at radius 1 is 1.26 bits per heavy atom. The molecule has 0 saturated heterocycles. The number of fused-ring (bicyclic) bond motifs is 1. The number of carbonyl (C=O) groups is 1. The van der Waals surface area contributed by atoms with Crippen molar-refractivity contribution in [2.75, 3.05) is 11.4 Å². The molecule has 0 aliphatic carbocycles. The van der Waals surface area contributed by atoms with Gasteiger partial charge in [-0.2, -0.15) is 5.26 Å². The fraction of sp³-hybridized carbons (Fsp3) is 0.308. The lowest BCUT2D eigenvalue weighted by Crippen LogP contribution is -2.45. The van der Waals surface area contributed by atoms with Crippen LogP contribution in [0.25, 0.3) is 11.6 Å². The lowest BCUT2D eigenvalue weighted by Gasteiger charge is -2.43. The summed E-state index contributed by atoms with van der Waals surface area (Å²) in [5.41, 5.74) is 4.87. The van der Waals surface area contributed by atoms with Gasteiger partial charge in [-0.25, -0.2) is 0 Å². The Morgan fingerprint density at radius 3 is 2.61 bits per heavy atom. The van der Waals surface area contributed by atoms with E-state index in [0.29, 0.717) is 17.1 Å². The number of anilines is 1. The molecule has 5 heteroatoms. The van der Waals surface area contributed by atoms with Crippen LogP contribution in [0.3, 0.4) is 0 Å². The number of nitrogens with one attached hydrogen (secondary N) is 1. The first-order valence-electron chi connectivity index (χ1n) is 10.5. The Bertz CT molecular complexity index is 1080. The van der Waals surface area contributed by atoms with Crippen molar-refractivity contribution in [3.05, 3.63) is 75.8 Å². The minimum Gasteiger partial charge on any atom is -0.362 e. The Hall–Kier alpha value is -3.03. The highest BCUT2D eigenvalue weighted by Gasteiger charge is 2.31. The molecule has 0 unspecified atom stereocenters. The van der Waals surface area contributed by atoms with Gasteiger partial charge in [-0.15, -0.1) is 0 Å². The smallest absolute Gasteiger partial charge is 0.262 e. The molecule has 1 aliphatic rings. The molecule has 1 N–H and O–H groups in total. The summed E-state index contributed by atoms with van der Waals surface area (Å²) in [5, 5.41) is 12.9. The van der Waals surface area contributed by atoms with Crippen molar-refractivity contribution in [2.24, 2.45) is 0 Å². The molecule has 1 aliphatic heterocycles. The van der Waals surface area contributed by atoms with Gasteiger partial charge in [-0.3, -0.25) is 4.79 Å². The van der Waals surface area contributed by atoms with Gasteiger partial charge in [-0.1, -0.05) is 54.9 Å². The number of amides is 1. The lowest BCUT2D eigenvalue weighted by atomic mass is 9.87. The van der Waals surface area contributed by atoms with Gasteiger partial charge in [0.1, 0.15) is 11.6 Å². The third-order valence-corrected chi connectivity index (χ3v) is 5.83. The predicted molar refractivity (Wildman–Crippen MR) is 129 cm³/mol. The molecule has 0 bridgehead atoms. The number of hydrogen-bond donors (Lipinski definition) is 1. The maximum atomic E-state index is 12.6. The van der Waals surface area contributed by atoms with Crippen LogP contribution < -0.4 is 10.2 Å². The quantitative estimate of drug-likeness (QED) is 0.450. The average Bonchev–Trinajstić information content (AvgIpc) is 2.74. The first kappa shape index (κ1) is 22.7. The second-order valence-corrected chi connectivity index (χ2v) is 8.77. The van der Waals surface area contributed by atoms with Crippen LogP contribution in [0.2, 0.25) is 5.02 Å². The fourth-order valence-electron chi connectivity index (χ4n) is 4.03. The highest BCUT2D eigenvalue weighted by molar-refractivity contribution is 6.32. The largest absolute Gasteiger partial charge is 0.362 e. The summed E-state index contributed by atoms with van der Waals surface area (Å²) in [6.45, 7) is 9.92. The molecule has 2 aromatic rings. The molecule has 1 heterocycles. The van der Waals surface area contributed by atoms with E-state index < -0.39 is 5.91 Å². The number of allylic oxidation sites excluding steroid dienone is 1. The van der Waals surface area contributed by atoms with Gasteiger partial charge < -0.3 is 10.2 Å². The van der Waals surface area contributed by atoms with E-state index in [2.05, 4.69) is 44.0 Å². The molecule has 0 fully saturated rings. The lowest BCUT2D eigenvalue weighted by molar-refractivity contribution is -0.117. The van der Waals surface area contributed by atoms with Crippen LogP contribution in [0.4, 0.5) is 5.69 Å². The van der Waals surface area contributed by atoms with E-state index in [9.17, 15) is 10.1 Å². The second kappa shape index (κ2) is 9.41. The van der Waals surface area contributed by atoms with E-state index in [-0.39, 0.29) is 11.1 Å². The normalized spacial score (nSPS) is 15.0. The monoisotopic (exact) mass is 433 g/mol. The first-order valence-corrected chi connectivity index (χ1v) is 10.9. The summed E-state index contributed by atoms with van der Waals surface area (Å²) >= 11 is 6.61. The van der Waals surface area contributed by atoms with Crippen LogP contribution in [-0.4, -0.2) is 18.0 Å². The van der Waals surface area contributed by atoms with Gasteiger partial charge in [0.15, 0.2) is 0 Å². The number of benzene rings is 2. The van der Waals surface area contributed by atoms with Crippen molar-refractivity contribution in [2.45, 2.75) is 46.2 Å². The molecule has 0 atom stereocenters. The zero-order valence-corrected chi connectivity index (χ0v) is 19.3. The topological polar surface area (TPSA) is 56.1 Å². The van der Waals surface area contributed by atoms with Gasteiger partial charge >= 0.3 is 0 Å². The van der Waals surface area contributed by atoms with E-state index in [0.717, 1.165) is 35.4 Å². The molecule has 0 spiro atoms. The molecule has 2 aromatic carbocycles. The summed E-state index contributed by atoms with van der Waals surface area (Å²) < 4.78 is 0. The molecular weight excluding hydrogens is 406 g/mol. The van der Waals surface area contributed by atoms with Crippen molar-refractivity contribution in [3.63, 3.8) is 0 Å². The van der Waals surface area contributed by atoms with Crippen LogP contribution in [0, 0.1) is 11.3 Å². The summed E-state index contributed by atoms with van der Waals surface area (Å²) in [5.74, 6) is -0.416. The number of halogens is 1. The predicted octanol–water partition coefficient (Wildman–Crippen LogP) is 5.98. The highest BCUT2D eigenvalue weighted by atomic mass is 35.5. The Morgan fingerprint density at radius 2 is 1.97 bits per heavy atom. The van der Waals surface area contributed by atoms with Crippen molar-refractivity contribution >= 4 is 34.8 Å². The number of carbonyl (C=O) groups excluding carboxylic acids is 1. The van der Waals surface area contributed by atoms with E-state index >= 15 is 0 Å². The number of nitrogens with zero attached hydrogens (tertiary/aromatic N) is 2. The van der Waals surface area contributed by atoms with Gasteiger partial charge in [0.2, 0.25) is 0 Å². The Kier molecular flexibility index (Phi) is 6.87. The molecular formula is C26H28ClN3O. The zero-order valence-electron chi connectivity index (χ0n) is 18.5. The molecule has 4 nitrogen and oxygen atoms in total. The first-order chi connectivity index (χ1) is 14.8. The number of hydrogen-bond acceptors (Lipinski definition) is 3. The fourth-order valence-corrected chi connectivity index (χ4v) is 4.25. The average molecular weight is 434 g/mol. The minimum atomic E-state index is -0.416. The summed E-state index contributed by atoms with van der Waals surface area (Å²) in [6.07, 6.45) is 4.85. The van der Waals surface area contributed by atoms with Crippen molar-refractivity contribution in [1.82, 2.24) is 5.32 Å². The summed E-state index contributed by atoms with van der Waals surface area (Å²) in [6, 6.07) is 15.5. The zero-order chi connectivity index (χ0) is 22.6. The molecule has 1 amide bonds. The minimum absolute atomic E-state index is 0.0287. The third kappa shape index (κ3) is 5.00. The summed E-state index contributed by atoms with van der Waals surface area (Å²) in [7, 11) is 0. The summed E-state index contributed by atoms with van der Waals surface area (Å²) in [4.78, 5) is 14.9. The van der Waals surface area contributed by atoms with Crippen molar-refractivity contribution < 1.29 is 4.79 Å². The van der Waals surface area contributed by atoms with Gasteiger partial charge in [0.05, 0.1) is 5.54 Å². The second-order valence-electron chi connectivity index (χ2n) is 8.36. The molecule has 31 heavy (non-hydrogen) atoms. The van der Waals surface area contributed by atoms with Gasteiger partial charge in [-0.05, 0) is 62.1 Å². The van der Waals surface area contributed by atoms with E-state index in [4.69, 9.17) is 11.6 Å². The molecule has 0 aromatic heterocycles. The van der Waals surface area contributed by atoms with Crippen molar-refractivity contribution in [3.8, 4) is 6.07 Å². The Balaban J connectivity index is 1.92. The maximum absolute atomic E-state index is 12.6. The highest BCUT2D eigenvalue weighted by Crippen LogP contribution is 2.41. The number of rotatable bonds is 6. The van der Waals surface area contributed by atoms with E-state index in [1.165, 1.54) is 0 Å². The number of nitriles is 1. The van der Waals surface area contributed by atoms with Crippen LogP contribution in [-0.2, 0) is 11.3 Å². The standard InChI is InChI=1S/C26H28ClN3O/c1-5-11-30-24-14-23(27)20(13-22(24)18(2)15-26(30,3)4)12-21(16-28)25(31)29-17-19-9-7-6-8-10-19/h6-10,12-15H,5,11,17H2,1-4H3,(H,29,31)/b21-12+.